The first-order chi connectivity index (χ1) is 14.8. The number of amides is 1. The van der Waals surface area contributed by atoms with Crippen molar-refractivity contribution in [1.29, 1.82) is 0 Å². The van der Waals surface area contributed by atoms with E-state index >= 15 is 0 Å². The van der Waals surface area contributed by atoms with E-state index in [0.717, 1.165) is 42.3 Å². The number of nitrogens with one attached hydrogen (secondary N) is 1. The van der Waals surface area contributed by atoms with Crippen LogP contribution in [0, 0.1) is 0 Å². The Balaban J connectivity index is 1.24. The number of aromatic nitrogens is 4. The first-order valence-corrected chi connectivity index (χ1v) is 10.6. The zero-order valence-electron chi connectivity index (χ0n) is 16.9. The van der Waals surface area contributed by atoms with Crippen LogP contribution < -0.4 is 5.32 Å². The Bertz CT molecular complexity index is 1160. The van der Waals surface area contributed by atoms with Gasteiger partial charge in [-0.2, -0.15) is 10.2 Å². The van der Waals surface area contributed by atoms with Gasteiger partial charge in [-0.3, -0.25) is 14.2 Å². The average molecular weight is 399 g/mol. The van der Waals surface area contributed by atoms with Gasteiger partial charge in [-0.1, -0.05) is 48.5 Å². The van der Waals surface area contributed by atoms with E-state index in [1.165, 1.54) is 11.3 Å². The van der Waals surface area contributed by atoms with E-state index in [1.807, 2.05) is 47.4 Å². The fraction of sp³-hybridized carbons (Fsp3) is 0.292. The molecule has 5 rings (SSSR count). The normalized spacial score (nSPS) is 15.8. The number of hydrogen-bond donors (Lipinski definition) is 1. The van der Waals surface area contributed by atoms with Crippen LogP contribution in [0.5, 0.6) is 0 Å². The number of rotatable bonds is 6. The van der Waals surface area contributed by atoms with Crippen LogP contribution in [0.25, 0.3) is 10.9 Å². The third-order valence-electron chi connectivity index (χ3n) is 5.87. The van der Waals surface area contributed by atoms with E-state index in [2.05, 4.69) is 44.5 Å². The SMILES string of the molecule is O=C(CCn1ncc2ccccc21)NC1CCCc2c1cnn2Cc1ccccc1. The van der Waals surface area contributed by atoms with Crippen LogP contribution in [-0.4, -0.2) is 25.5 Å². The van der Waals surface area contributed by atoms with E-state index in [4.69, 9.17) is 0 Å². The van der Waals surface area contributed by atoms with Crippen LogP contribution in [-0.2, 0) is 24.3 Å². The number of hydrogen-bond acceptors (Lipinski definition) is 3. The molecule has 1 atom stereocenters. The largest absolute Gasteiger partial charge is 0.349 e. The van der Waals surface area contributed by atoms with Gasteiger partial charge in [0, 0.05) is 23.1 Å². The van der Waals surface area contributed by atoms with Crippen molar-refractivity contribution in [3.8, 4) is 0 Å². The summed E-state index contributed by atoms with van der Waals surface area (Å²) >= 11 is 0. The maximum atomic E-state index is 12.7. The lowest BCUT2D eigenvalue weighted by atomic mass is 9.92. The van der Waals surface area contributed by atoms with E-state index in [9.17, 15) is 4.79 Å². The molecule has 2 aromatic heterocycles. The summed E-state index contributed by atoms with van der Waals surface area (Å²) in [4.78, 5) is 12.7. The molecule has 0 saturated heterocycles. The van der Waals surface area contributed by atoms with Crippen LogP contribution in [0.1, 0.15) is 42.1 Å². The quantitative estimate of drug-likeness (QED) is 0.535. The molecule has 1 unspecified atom stereocenters. The van der Waals surface area contributed by atoms with Gasteiger partial charge in [0.05, 0.1) is 37.0 Å². The van der Waals surface area contributed by atoms with Crippen LogP contribution in [0.4, 0.5) is 0 Å². The zero-order valence-corrected chi connectivity index (χ0v) is 16.9. The predicted octanol–water partition coefficient (Wildman–Crippen LogP) is 3.87. The minimum absolute atomic E-state index is 0.0418. The van der Waals surface area contributed by atoms with Gasteiger partial charge in [-0.15, -0.1) is 0 Å². The van der Waals surface area contributed by atoms with Crippen molar-refractivity contribution >= 4 is 16.8 Å². The fourth-order valence-corrected chi connectivity index (χ4v) is 4.34. The van der Waals surface area contributed by atoms with Crippen LogP contribution in [0.2, 0.25) is 0 Å². The molecule has 2 heterocycles. The monoisotopic (exact) mass is 399 g/mol. The summed E-state index contributed by atoms with van der Waals surface area (Å²) in [5, 5.41) is 13.4. The standard InChI is InChI=1S/C24H25N5O/c30-24(13-14-28-22-11-5-4-9-19(22)15-25-28)27-21-10-6-12-23-20(21)16-26-29(23)17-18-7-2-1-3-8-18/h1-5,7-9,11,15-16,21H,6,10,12-14,17H2,(H,27,30). The molecule has 30 heavy (non-hydrogen) atoms. The summed E-state index contributed by atoms with van der Waals surface area (Å²) in [5.74, 6) is 0.0586. The van der Waals surface area contributed by atoms with Crippen LogP contribution in [0.3, 0.4) is 0 Å². The van der Waals surface area contributed by atoms with E-state index in [0.29, 0.717) is 13.0 Å². The first-order valence-electron chi connectivity index (χ1n) is 10.6. The Labute approximate surface area is 175 Å². The molecule has 0 saturated carbocycles. The lowest BCUT2D eigenvalue weighted by Crippen LogP contribution is -2.31. The van der Waals surface area contributed by atoms with Crippen molar-refractivity contribution in [3.63, 3.8) is 0 Å². The summed E-state index contributed by atoms with van der Waals surface area (Å²) in [5.41, 5.74) is 4.71. The lowest BCUT2D eigenvalue weighted by Gasteiger charge is -2.24. The van der Waals surface area contributed by atoms with Gasteiger partial charge in [0.25, 0.3) is 0 Å². The fourth-order valence-electron chi connectivity index (χ4n) is 4.34. The highest BCUT2D eigenvalue weighted by Crippen LogP contribution is 2.30. The molecular formula is C24H25N5O. The molecule has 1 aliphatic rings. The van der Waals surface area contributed by atoms with Gasteiger partial charge in [0.15, 0.2) is 0 Å². The predicted molar refractivity (Wildman–Crippen MR) is 116 cm³/mol. The van der Waals surface area contributed by atoms with Gasteiger partial charge in [0.1, 0.15) is 0 Å². The number of benzene rings is 2. The van der Waals surface area contributed by atoms with Crippen molar-refractivity contribution in [2.24, 2.45) is 0 Å². The first kappa shape index (κ1) is 18.6. The molecule has 0 aliphatic heterocycles. The smallest absolute Gasteiger partial charge is 0.222 e. The molecule has 4 aromatic rings. The number of carbonyl (C=O) groups is 1. The second-order valence-corrected chi connectivity index (χ2v) is 7.88. The highest BCUT2D eigenvalue weighted by Gasteiger charge is 2.25. The molecule has 152 valence electrons. The highest BCUT2D eigenvalue weighted by atomic mass is 16.1. The molecular weight excluding hydrogens is 374 g/mol. The highest BCUT2D eigenvalue weighted by molar-refractivity contribution is 5.79. The number of para-hydroxylation sites is 1. The summed E-state index contributed by atoms with van der Waals surface area (Å²) in [6, 6.07) is 18.5. The summed E-state index contributed by atoms with van der Waals surface area (Å²) in [6.07, 6.45) is 7.22. The molecule has 0 spiro atoms. The van der Waals surface area contributed by atoms with Crippen LogP contribution in [0.15, 0.2) is 67.0 Å². The van der Waals surface area contributed by atoms with Gasteiger partial charge >= 0.3 is 0 Å². The topological polar surface area (TPSA) is 64.7 Å². The molecule has 1 aliphatic carbocycles. The third kappa shape index (κ3) is 3.73. The molecule has 2 aromatic carbocycles. The number of fused-ring (bicyclic) bond motifs is 2. The number of carbonyl (C=O) groups excluding carboxylic acids is 1. The Morgan fingerprint density at radius 2 is 1.80 bits per heavy atom. The van der Waals surface area contributed by atoms with Crippen molar-refractivity contribution in [2.75, 3.05) is 0 Å². The molecule has 1 N–H and O–H groups in total. The Morgan fingerprint density at radius 3 is 2.70 bits per heavy atom. The lowest BCUT2D eigenvalue weighted by molar-refractivity contribution is -0.122. The number of aryl methyl sites for hydroxylation is 1. The van der Waals surface area contributed by atoms with Crippen molar-refractivity contribution in [2.45, 2.75) is 44.8 Å². The molecule has 0 fully saturated rings. The van der Waals surface area contributed by atoms with E-state index in [1.54, 1.807) is 0 Å². The third-order valence-corrected chi connectivity index (χ3v) is 5.87. The van der Waals surface area contributed by atoms with E-state index in [-0.39, 0.29) is 11.9 Å². The van der Waals surface area contributed by atoms with Gasteiger partial charge in [0.2, 0.25) is 5.91 Å². The Morgan fingerprint density at radius 1 is 1.00 bits per heavy atom. The molecule has 0 radical (unpaired) electrons. The Kier molecular flexibility index (Phi) is 5.05. The maximum Gasteiger partial charge on any atom is 0.222 e. The van der Waals surface area contributed by atoms with Crippen molar-refractivity contribution < 1.29 is 4.79 Å². The minimum Gasteiger partial charge on any atom is -0.349 e. The second kappa shape index (κ2) is 8.14. The van der Waals surface area contributed by atoms with Gasteiger partial charge < -0.3 is 5.32 Å². The summed E-state index contributed by atoms with van der Waals surface area (Å²) in [7, 11) is 0. The summed E-state index contributed by atoms with van der Waals surface area (Å²) < 4.78 is 3.98. The van der Waals surface area contributed by atoms with Crippen LogP contribution >= 0.6 is 0 Å². The molecule has 6 nitrogen and oxygen atoms in total. The van der Waals surface area contributed by atoms with Crippen molar-refractivity contribution in [3.05, 3.63) is 83.8 Å². The average Bonchev–Trinajstić information content (AvgIpc) is 3.38. The molecule has 6 heteroatoms. The maximum absolute atomic E-state index is 12.7. The number of nitrogens with zero attached hydrogens (tertiary/aromatic N) is 4. The summed E-state index contributed by atoms with van der Waals surface area (Å²) in [6.45, 7) is 1.34. The minimum atomic E-state index is 0.0418. The van der Waals surface area contributed by atoms with Gasteiger partial charge in [-0.05, 0) is 30.9 Å². The second-order valence-electron chi connectivity index (χ2n) is 7.88. The van der Waals surface area contributed by atoms with Crippen molar-refractivity contribution in [1.82, 2.24) is 24.9 Å². The zero-order chi connectivity index (χ0) is 20.3. The molecule has 1 amide bonds. The molecule has 0 bridgehead atoms. The Hall–Kier alpha value is -3.41. The van der Waals surface area contributed by atoms with Gasteiger partial charge in [-0.25, -0.2) is 0 Å². The van der Waals surface area contributed by atoms with E-state index < -0.39 is 0 Å².